The highest BCUT2D eigenvalue weighted by atomic mass is 19.4. The molecule has 5 heteroatoms. The minimum Gasteiger partial charge on any atom is -0.382 e. The fourth-order valence-electron chi connectivity index (χ4n) is 1.23. The van der Waals surface area contributed by atoms with Gasteiger partial charge in [0, 0.05) is 12.6 Å². The van der Waals surface area contributed by atoms with Crippen LogP contribution in [-0.4, -0.2) is 30.0 Å². The van der Waals surface area contributed by atoms with Crippen molar-refractivity contribution < 1.29 is 18.3 Å². The lowest BCUT2D eigenvalue weighted by Crippen LogP contribution is -2.41. The van der Waals surface area contributed by atoms with Crippen molar-refractivity contribution in [3.63, 3.8) is 0 Å². The minimum absolute atomic E-state index is 0.0218. The van der Waals surface area contributed by atoms with E-state index >= 15 is 0 Å². The molecule has 0 aliphatic heterocycles. The van der Waals surface area contributed by atoms with E-state index in [1.165, 1.54) is 0 Å². The second-order valence-corrected chi connectivity index (χ2v) is 3.86. The van der Waals surface area contributed by atoms with Crippen molar-refractivity contribution in [2.75, 3.05) is 6.54 Å². The van der Waals surface area contributed by atoms with Crippen LogP contribution in [-0.2, 0) is 0 Å². The van der Waals surface area contributed by atoms with E-state index in [4.69, 9.17) is 5.11 Å². The predicted molar refractivity (Wildman–Crippen MR) is 53.7 cm³/mol. The Labute approximate surface area is 88.9 Å². The topological polar surface area (TPSA) is 32.3 Å². The van der Waals surface area contributed by atoms with Crippen molar-refractivity contribution in [2.45, 2.75) is 57.9 Å². The molecule has 2 N–H and O–H groups in total. The fraction of sp³-hybridized carbons (Fsp3) is 1.00. The Balaban J connectivity index is 3.57. The van der Waals surface area contributed by atoms with Gasteiger partial charge in [0.05, 0.1) is 0 Å². The first-order chi connectivity index (χ1) is 6.88. The van der Waals surface area contributed by atoms with Gasteiger partial charge in [-0.25, -0.2) is 0 Å². The molecular weight excluding hydrogens is 207 g/mol. The quantitative estimate of drug-likeness (QED) is 0.655. The summed E-state index contributed by atoms with van der Waals surface area (Å²) < 4.78 is 35.7. The number of hydrogen-bond donors (Lipinski definition) is 2. The van der Waals surface area contributed by atoms with E-state index in [0.717, 1.165) is 25.7 Å². The minimum atomic E-state index is -4.52. The van der Waals surface area contributed by atoms with Crippen molar-refractivity contribution in [1.82, 2.24) is 5.32 Å². The van der Waals surface area contributed by atoms with E-state index in [-0.39, 0.29) is 6.04 Å². The van der Waals surface area contributed by atoms with Gasteiger partial charge in [-0.3, -0.25) is 0 Å². The van der Waals surface area contributed by atoms with Gasteiger partial charge >= 0.3 is 6.18 Å². The van der Waals surface area contributed by atoms with Gasteiger partial charge in [0.1, 0.15) is 0 Å². The van der Waals surface area contributed by atoms with Gasteiger partial charge in [-0.05, 0) is 13.3 Å². The third-order valence-corrected chi connectivity index (χ3v) is 2.28. The van der Waals surface area contributed by atoms with Crippen molar-refractivity contribution in [2.24, 2.45) is 0 Å². The van der Waals surface area contributed by atoms with E-state index in [0.29, 0.717) is 0 Å². The molecule has 0 spiro atoms. The van der Waals surface area contributed by atoms with Gasteiger partial charge in [-0.15, -0.1) is 0 Å². The molecule has 0 amide bonds. The van der Waals surface area contributed by atoms with Gasteiger partial charge in [0.2, 0.25) is 0 Å². The molecule has 0 aromatic rings. The number of alkyl halides is 3. The van der Waals surface area contributed by atoms with Crippen LogP contribution in [0.3, 0.4) is 0 Å². The molecule has 2 nitrogen and oxygen atoms in total. The molecule has 0 aromatic heterocycles. The molecule has 92 valence electrons. The summed E-state index contributed by atoms with van der Waals surface area (Å²) in [5, 5.41) is 11.4. The summed E-state index contributed by atoms with van der Waals surface area (Å²) in [6.45, 7) is 3.49. The Kier molecular flexibility index (Phi) is 6.92. The molecule has 0 radical (unpaired) electrons. The Morgan fingerprint density at radius 1 is 1.27 bits per heavy atom. The summed E-state index contributed by atoms with van der Waals surface area (Å²) in [5.74, 6) is 0. The molecule has 0 saturated carbocycles. The van der Waals surface area contributed by atoms with Crippen LogP contribution < -0.4 is 5.32 Å². The molecule has 0 aliphatic rings. The summed E-state index contributed by atoms with van der Waals surface area (Å²) in [6, 6.07) is 0.0218. The molecule has 2 unspecified atom stereocenters. The zero-order chi connectivity index (χ0) is 11.9. The summed E-state index contributed by atoms with van der Waals surface area (Å²) in [4.78, 5) is 0. The number of aliphatic hydroxyl groups is 1. The van der Waals surface area contributed by atoms with E-state index in [1.54, 1.807) is 0 Å². The maximum absolute atomic E-state index is 11.9. The van der Waals surface area contributed by atoms with Crippen molar-refractivity contribution >= 4 is 0 Å². The Hall–Kier alpha value is -0.290. The normalized spacial score (nSPS) is 16.4. The summed E-state index contributed by atoms with van der Waals surface area (Å²) in [7, 11) is 0. The van der Waals surface area contributed by atoms with Crippen LogP contribution in [0.2, 0.25) is 0 Å². The highest BCUT2D eigenvalue weighted by molar-refractivity contribution is 4.70. The lowest BCUT2D eigenvalue weighted by Gasteiger charge is -2.18. The zero-order valence-electron chi connectivity index (χ0n) is 9.27. The van der Waals surface area contributed by atoms with E-state index < -0.39 is 18.8 Å². The van der Waals surface area contributed by atoms with Gasteiger partial charge in [-0.1, -0.05) is 26.2 Å². The Morgan fingerprint density at radius 2 is 1.87 bits per heavy atom. The first-order valence-corrected chi connectivity index (χ1v) is 5.36. The maximum atomic E-state index is 11.9. The second kappa shape index (κ2) is 7.06. The summed E-state index contributed by atoms with van der Waals surface area (Å²) >= 11 is 0. The number of halogens is 3. The standard InChI is InChI=1S/C10H20F3NO/c1-3-4-5-6-8(2)14-7-9(15)10(11,12)13/h8-9,14-15H,3-7H2,1-2H3. The highest BCUT2D eigenvalue weighted by Crippen LogP contribution is 2.19. The Bertz CT molecular complexity index is 161. The third kappa shape index (κ3) is 7.62. The van der Waals surface area contributed by atoms with Gasteiger partial charge in [-0.2, -0.15) is 13.2 Å². The average Bonchev–Trinajstić information content (AvgIpc) is 2.13. The largest absolute Gasteiger partial charge is 0.415 e. The third-order valence-electron chi connectivity index (χ3n) is 2.28. The molecule has 0 heterocycles. The van der Waals surface area contributed by atoms with E-state index in [1.807, 2.05) is 6.92 Å². The Morgan fingerprint density at radius 3 is 2.33 bits per heavy atom. The number of rotatable bonds is 7. The van der Waals surface area contributed by atoms with Gasteiger partial charge < -0.3 is 10.4 Å². The van der Waals surface area contributed by atoms with Crippen LogP contribution >= 0.6 is 0 Å². The lowest BCUT2D eigenvalue weighted by molar-refractivity contribution is -0.202. The summed E-state index contributed by atoms with van der Waals surface area (Å²) in [6.07, 6.45) is -2.74. The van der Waals surface area contributed by atoms with Crippen LogP contribution in [0, 0.1) is 0 Å². The monoisotopic (exact) mass is 227 g/mol. The van der Waals surface area contributed by atoms with E-state index in [9.17, 15) is 13.2 Å². The molecular formula is C10H20F3NO. The molecule has 15 heavy (non-hydrogen) atoms. The number of hydrogen-bond acceptors (Lipinski definition) is 2. The number of unbranched alkanes of at least 4 members (excludes halogenated alkanes) is 2. The van der Waals surface area contributed by atoms with Crippen molar-refractivity contribution in [1.29, 1.82) is 0 Å². The van der Waals surface area contributed by atoms with Crippen molar-refractivity contribution in [3.05, 3.63) is 0 Å². The lowest BCUT2D eigenvalue weighted by atomic mass is 10.1. The summed E-state index contributed by atoms with van der Waals surface area (Å²) in [5.41, 5.74) is 0. The van der Waals surface area contributed by atoms with Crippen LogP contribution in [0.15, 0.2) is 0 Å². The first kappa shape index (κ1) is 14.7. The number of aliphatic hydroxyl groups excluding tert-OH is 1. The molecule has 2 atom stereocenters. The SMILES string of the molecule is CCCCCC(C)NCC(O)C(F)(F)F. The first-order valence-electron chi connectivity index (χ1n) is 5.36. The van der Waals surface area contributed by atoms with E-state index in [2.05, 4.69) is 12.2 Å². The zero-order valence-corrected chi connectivity index (χ0v) is 9.27. The molecule has 0 bridgehead atoms. The smallest absolute Gasteiger partial charge is 0.382 e. The van der Waals surface area contributed by atoms with Crippen LogP contribution in [0.4, 0.5) is 13.2 Å². The van der Waals surface area contributed by atoms with Crippen LogP contribution in [0.1, 0.15) is 39.5 Å². The van der Waals surface area contributed by atoms with Gasteiger partial charge in [0.25, 0.3) is 0 Å². The maximum Gasteiger partial charge on any atom is 0.415 e. The van der Waals surface area contributed by atoms with Crippen LogP contribution in [0.25, 0.3) is 0 Å². The molecule has 0 rings (SSSR count). The highest BCUT2D eigenvalue weighted by Gasteiger charge is 2.37. The van der Waals surface area contributed by atoms with Gasteiger partial charge in [0.15, 0.2) is 6.10 Å². The second-order valence-electron chi connectivity index (χ2n) is 3.86. The number of nitrogens with one attached hydrogen (secondary N) is 1. The average molecular weight is 227 g/mol. The fourth-order valence-corrected chi connectivity index (χ4v) is 1.23. The van der Waals surface area contributed by atoms with Crippen molar-refractivity contribution in [3.8, 4) is 0 Å². The molecule has 0 saturated heterocycles. The predicted octanol–water partition coefficient (Wildman–Crippen LogP) is 2.47. The van der Waals surface area contributed by atoms with Crippen LogP contribution in [0.5, 0.6) is 0 Å². The molecule has 0 aliphatic carbocycles. The molecule has 0 fully saturated rings. The molecule has 0 aromatic carbocycles.